The number of nitrogens with zero attached hydrogens (tertiary/aromatic N) is 2. The Balaban J connectivity index is 1.57. The number of carbonyl (C=O) groups excluding carboxylic acids is 2. The van der Waals surface area contributed by atoms with E-state index in [4.69, 9.17) is 4.98 Å². The van der Waals surface area contributed by atoms with Gasteiger partial charge in [-0.1, -0.05) is 43.0 Å². The summed E-state index contributed by atoms with van der Waals surface area (Å²) in [5, 5.41) is 4.80. The van der Waals surface area contributed by atoms with Crippen LogP contribution in [0.4, 0.5) is 11.4 Å². The van der Waals surface area contributed by atoms with Crippen LogP contribution in [0.1, 0.15) is 18.1 Å². The summed E-state index contributed by atoms with van der Waals surface area (Å²) in [6.07, 6.45) is 0.849. The molecule has 0 fully saturated rings. The standard InChI is InChI=1S/C22H21N3O2S/c1-3-15-11-16-9-8-14(2)10-18(16)24-22(15)28-13-21(27)25-12-20(26)23-17-6-4-5-7-19(17)25/h4-11H,3,12-13H2,1-2H3,(H,23,26). The molecule has 0 saturated carbocycles. The highest BCUT2D eigenvalue weighted by Crippen LogP contribution is 2.31. The zero-order valence-corrected chi connectivity index (χ0v) is 16.7. The number of carbonyl (C=O) groups is 2. The van der Waals surface area contributed by atoms with Gasteiger partial charge < -0.3 is 10.2 Å². The van der Waals surface area contributed by atoms with Crippen LogP contribution in [0.2, 0.25) is 0 Å². The maximum atomic E-state index is 12.9. The zero-order valence-electron chi connectivity index (χ0n) is 15.9. The highest BCUT2D eigenvalue weighted by Gasteiger charge is 2.26. The molecule has 28 heavy (non-hydrogen) atoms. The van der Waals surface area contributed by atoms with Crippen LogP contribution in [0, 0.1) is 6.92 Å². The second-order valence-electron chi connectivity index (χ2n) is 6.84. The van der Waals surface area contributed by atoms with Gasteiger partial charge in [-0.15, -0.1) is 0 Å². The summed E-state index contributed by atoms with van der Waals surface area (Å²) in [5.74, 6) is -0.0371. The van der Waals surface area contributed by atoms with Gasteiger partial charge in [0.2, 0.25) is 11.8 Å². The number of rotatable bonds is 4. The molecule has 1 N–H and O–H groups in total. The molecule has 2 amide bonds. The van der Waals surface area contributed by atoms with Gasteiger partial charge >= 0.3 is 0 Å². The number of benzene rings is 2. The fourth-order valence-electron chi connectivity index (χ4n) is 3.35. The van der Waals surface area contributed by atoms with Crippen LogP contribution in [0.3, 0.4) is 0 Å². The number of hydrogen-bond donors (Lipinski definition) is 1. The summed E-state index contributed by atoms with van der Waals surface area (Å²) in [6, 6.07) is 15.7. The van der Waals surface area contributed by atoms with Gasteiger partial charge in [-0.2, -0.15) is 0 Å². The Morgan fingerprint density at radius 3 is 2.86 bits per heavy atom. The molecule has 1 aromatic heterocycles. The van der Waals surface area contributed by atoms with E-state index in [1.807, 2.05) is 31.2 Å². The van der Waals surface area contributed by atoms with E-state index in [-0.39, 0.29) is 24.1 Å². The summed E-state index contributed by atoms with van der Waals surface area (Å²) >= 11 is 1.44. The van der Waals surface area contributed by atoms with Crippen molar-refractivity contribution < 1.29 is 9.59 Å². The predicted molar refractivity (Wildman–Crippen MR) is 114 cm³/mol. The van der Waals surface area contributed by atoms with Crippen molar-refractivity contribution in [3.63, 3.8) is 0 Å². The van der Waals surface area contributed by atoms with Gasteiger partial charge in [0, 0.05) is 5.39 Å². The number of aromatic nitrogens is 1. The van der Waals surface area contributed by atoms with Gasteiger partial charge in [0.15, 0.2) is 0 Å². The van der Waals surface area contributed by atoms with Crippen molar-refractivity contribution in [1.29, 1.82) is 0 Å². The Kier molecular flexibility index (Phi) is 5.05. The first kappa shape index (κ1) is 18.5. The number of pyridine rings is 1. The number of thioether (sulfide) groups is 1. The highest BCUT2D eigenvalue weighted by molar-refractivity contribution is 8.00. The average Bonchev–Trinajstić information content (AvgIpc) is 2.70. The molecule has 3 aromatic rings. The van der Waals surface area contributed by atoms with E-state index >= 15 is 0 Å². The van der Waals surface area contributed by atoms with Crippen LogP contribution in [-0.4, -0.2) is 29.1 Å². The molecule has 1 aliphatic rings. The Morgan fingerprint density at radius 1 is 1.21 bits per heavy atom. The molecule has 0 aliphatic carbocycles. The minimum atomic E-state index is -0.175. The topological polar surface area (TPSA) is 62.3 Å². The lowest BCUT2D eigenvalue weighted by Gasteiger charge is -2.29. The lowest BCUT2D eigenvalue weighted by Crippen LogP contribution is -2.43. The van der Waals surface area contributed by atoms with Crippen molar-refractivity contribution in [3.8, 4) is 0 Å². The zero-order chi connectivity index (χ0) is 19.7. The van der Waals surface area contributed by atoms with E-state index in [9.17, 15) is 9.59 Å². The fourth-order valence-corrected chi connectivity index (χ4v) is 4.31. The van der Waals surface area contributed by atoms with E-state index in [1.54, 1.807) is 4.90 Å². The van der Waals surface area contributed by atoms with E-state index in [0.29, 0.717) is 5.69 Å². The Bertz CT molecular complexity index is 1080. The molecule has 2 aromatic carbocycles. The van der Waals surface area contributed by atoms with Crippen LogP contribution in [0.5, 0.6) is 0 Å². The first-order chi connectivity index (χ1) is 13.5. The minimum absolute atomic E-state index is 0.0430. The number of amides is 2. The largest absolute Gasteiger partial charge is 0.323 e. The van der Waals surface area contributed by atoms with Crippen LogP contribution < -0.4 is 10.2 Å². The Hall–Kier alpha value is -2.86. The van der Waals surface area contributed by atoms with Gasteiger partial charge in [0.25, 0.3) is 0 Å². The molecule has 142 valence electrons. The molecule has 2 heterocycles. The summed E-state index contributed by atoms with van der Waals surface area (Å²) < 4.78 is 0. The summed E-state index contributed by atoms with van der Waals surface area (Å²) in [5.41, 5.74) is 4.64. The second-order valence-corrected chi connectivity index (χ2v) is 7.80. The third-order valence-corrected chi connectivity index (χ3v) is 5.82. The van der Waals surface area contributed by atoms with Crippen LogP contribution in [0.25, 0.3) is 10.9 Å². The smallest absolute Gasteiger partial charge is 0.244 e. The van der Waals surface area contributed by atoms with Crippen molar-refractivity contribution in [1.82, 2.24) is 4.98 Å². The molecule has 4 rings (SSSR count). The molecule has 1 aliphatic heterocycles. The van der Waals surface area contributed by atoms with E-state index in [1.165, 1.54) is 11.8 Å². The Labute approximate surface area is 168 Å². The monoisotopic (exact) mass is 391 g/mol. The number of hydrogen-bond acceptors (Lipinski definition) is 4. The van der Waals surface area contributed by atoms with Crippen molar-refractivity contribution in [2.24, 2.45) is 0 Å². The molecule has 0 bridgehead atoms. The highest BCUT2D eigenvalue weighted by atomic mass is 32.2. The molecule has 6 heteroatoms. The first-order valence-electron chi connectivity index (χ1n) is 9.27. The fraction of sp³-hybridized carbons (Fsp3) is 0.227. The van der Waals surface area contributed by atoms with Gasteiger partial charge in [-0.05, 0) is 48.7 Å². The molecule has 0 saturated heterocycles. The maximum Gasteiger partial charge on any atom is 0.244 e. The molecule has 0 atom stereocenters. The molecular formula is C22H21N3O2S. The molecule has 5 nitrogen and oxygen atoms in total. The third-order valence-electron chi connectivity index (χ3n) is 4.80. The summed E-state index contributed by atoms with van der Waals surface area (Å²) in [6.45, 7) is 4.18. The number of anilines is 2. The SMILES string of the molecule is CCc1cc2ccc(C)cc2nc1SCC(=O)N1CC(=O)Nc2ccccc21. The van der Waals surface area contributed by atoms with Gasteiger partial charge in [0.05, 0.1) is 22.6 Å². The Morgan fingerprint density at radius 2 is 2.04 bits per heavy atom. The molecule has 0 radical (unpaired) electrons. The number of para-hydroxylation sites is 2. The molecular weight excluding hydrogens is 370 g/mol. The number of fused-ring (bicyclic) bond motifs is 2. The number of nitrogens with one attached hydrogen (secondary N) is 1. The van der Waals surface area contributed by atoms with Crippen LogP contribution in [0.15, 0.2) is 53.6 Å². The summed E-state index contributed by atoms with van der Waals surface area (Å²) in [7, 11) is 0. The first-order valence-corrected chi connectivity index (χ1v) is 10.3. The van der Waals surface area contributed by atoms with Crippen LogP contribution >= 0.6 is 11.8 Å². The van der Waals surface area contributed by atoms with Crippen molar-refractivity contribution in [3.05, 3.63) is 59.7 Å². The maximum absolute atomic E-state index is 12.9. The van der Waals surface area contributed by atoms with Crippen LogP contribution in [-0.2, 0) is 16.0 Å². The normalized spacial score (nSPS) is 13.4. The predicted octanol–water partition coefficient (Wildman–Crippen LogP) is 4.18. The van der Waals surface area contributed by atoms with Gasteiger partial charge in [-0.25, -0.2) is 4.98 Å². The van der Waals surface area contributed by atoms with Gasteiger partial charge in [-0.3, -0.25) is 9.59 Å². The van der Waals surface area contributed by atoms with E-state index in [2.05, 4.69) is 36.5 Å². The quantitative estimate of drug-likeness (QED) is 0.678. The summed E-state index contributed by atoms with van der Waals surface area (Å²) in [4.78, 5) is 31.2. The second kappa shape index (κ2) is 7.64. The average molecular weight is 391 g/mol. The van der Waals surface area contributed by atoms with E-state index < -0.39 is 0 Å². The van der Waals surface area contributed by atoms with Crippen molar-refractivity contribution >= 4 is 45.9 Å². The lowest BCUT2D eigenvalue weighted by molar-refractivity contribution is -0.120. The molecule has 0 spiro atoms. The van der Waals surface area contributed by atoms with E-state index in [0.717, 1.165) is 39.2 Å². The van der Waals surface area contributed by atoms with Gasteiger partial charge in [0.1, 0.15) is 11.6 Å². The minimum Gasteiger partial charge on any atom is -0.323 e. The molecule has 0 unspecified atom stereocenters. The number of aryl methyl sites for hydroxylation is 2. The third kappa shape index (κ3) is 3.60. The van der Waals surface area contributed by atoms with Crippen molar-refractivity contribution in [2.75, 3.05) is 22.5 Å². The van der Waals surface area contributed by atoms with Crippen molar-refractivity contribution in [2.45, 2.75) is 25.3 Å². The lowest BCUT2D eigenvalue weighted by atomic mass is 10.1.